The largest absolute Gasteiger partial charge is 0.299 e. The van der Waals surface area contributed by atoms with E-state index in [9.17, 15) is 4.79 Å². The van der Waals surface area contributed by atoms with Gasteiger partial charge in [-0.05, 0) is 63.1 Å². The summed E-state index contributed by atoms with van der Waals surface area (Å²) in [6, 6.07) is 4.51. The third kappa shape index (κ3) is 3.01. The van der Waals surface area contributed by atoms with Gasteiger partial charge in [0.1, 0.15) is 5.78 Å². The fourth-order valence-corrected chi connectivity index (χ4v) is 3.28. The van der Waals surface area contributed by atoms with E-state index in [4.69, 9.17) is 0 Å². The lowest BCUT2D eigenvalue weighted by Crippen LogP contribution is -2.19. The van der Waals surface area contributed by atoms with Crippen LogP contribution in [0.15, 0.2) is 12.1 Å². The molecule has 1 aromatic rings. The predicted octanol–water partition coefficient (Wildman–Crippen LogP) is 4.30. The summed E-state index contributed by atoms with van der Waals surface area (Å²) in [5.41, 5.74) is 5.56. The van der Waals surface area contributed by atoms with Gasteiger partial charge in [-0.25, -0.2) is 0 Å². The van der Waals surface area contributed by atoms with E-state index in [2.05, 4.69) is 32.9 Å². The standard InChI is InChI=1S/C17H24O/c1-12-10-13(2)16(14(3)11-12)9-8-15-6-4-5-7-17(15)18/h10-11,15H,4-9H2,1-3H3. The summed E-state index contributed by atoms with van der Waals surface area (Å²) in [5, 5.41) is 0. The highest BCUT2D eigenvalue weighted by Gasteiger charge is 2.22. The molecule has 18 heavy (non-hydrogen) atoms. The molecule has 2 rings (SSSR count). The van der Waals surface area contributed by atoms with Crippen LogP contribution < -0.4 is 0 Å². The van der Waals surface area contributed by atoms with Crippen LogP contribution in [0.25, 0.3) is 0 Å². The molecule has 1 aromatic carbocycles. The van der Waals surface area contributed by atoms with Gasteiger partial charge in [0, 0.05) is 12.3 Å². The summed E-state index contributed by atoms with van der Waals surface area (Å²) in [4.78, 5) is 11.8. The zero-order valence-corrected chi connectivity index (χ0v) is 11.9. The molecule has 0 heterocycles. The number of rotatable bonds is 3. The van der Waals surface area contributed by atoms with Gasteiger partial charge >= 0.3 is 0 Å². The summed E-state index contributed by atoms with van der Waals surface area (Å²) in [6.45, 7) is 6.53. The Morgan fingerprint density at radius 1 is 1.11 bits per heavy atom. The molecule has 1 saturated carbocycles. The third-order valence-electron chi connectivity index (χ3n) is 4.26. The smallest absolute Gasteiger partial charge is 0.135 e. The zero-order chi connectivity index (χ0) is 13.1. The van der Waals surface area contributed by atoms with Crippen LogP contribution in [0.5, 0.6) is 0 Å². The van der Waals surface area contributed by atoms with Crippen LogP contribution in [-0.2, 0) is 11.2 Å². The van der Waals surface area contributed by atoms with Crippen molar-refractivity contribution in [3.63, 3.8) is 0 Å². The number of benzene rings is 1. The molecule has 0 bridgehead atoms. The second-order valence-electron chi connectivity index (χ2n) is 5.82. The zero-order valence-electron chi connectivity index (χ0n) is 11.9. The number of Topliss-reactive ketones (excluding diaryl/α,β-unsaturated/α-hetero) is 1. The predicted molar refractivity (Wildman–Crippen MR) is 75.9 cm³/mol. The van der Waals surface area contributed by atoms with Gasteiger partial charge in [0.15, 0.2) is 0 Å². The third-order valence-corrected chi connectivity index (χ3v) is 4.26. The van der Waals surface area contributed by atoms with Crippen LogP contribution in [0.1, 0.15) is 54.4 Å². The Morgan fingerprint density at radius 3 is 2.39 bits per heavy atom. The summed E-state index contributed by atoms with van der Waals surface area (Å²) in [5.74, 6) is 0.836. The van der Waals surface area contributed by atoms with E-state index in [1.165, 1.54) is 28.7 Å². The average molecular weight is 244 g/mol. The second kappa shape index (κ2) is 5.69. The van der Waals surface area contributed by atoms with Crippen LogP contribution in [0.3, 0.4) is 0 Å². The Balaban J connectivity index is 2.04. The number of hydrogen-bond donors (Lipinski definition) is 0. The lowest BCUT2D eigenvalue weighted by molar-refractivity contribution is -0.124. The van der Waals surface area contributed by atoms with Crippen molar-refractivity contribution in [2.75, 3.05) is 0 Å². The van der Waals surface area contributed by atoms with E-state index in [0.29, 0.717) is 11.7 Å². The molecular formula is C17H24O. The molecule has 1 atom stereocenters. The first-order valence-corrected chi connectivity index (χ1v) is 7.17. The second-order valence-corrected chi connectivity index (χ2v) is 5.82. The molecule has 98 valence electrons. The molecule has 1 aliphatic carbocycles. The van der Waals surface area contributed by atoms with Crippen molar-refractivity contribution in [3.8, 4) is 0 Å². The minimum Gasteiger partial charge on any atom is -0.299 e. The number of carbonyl (C=O) groups is 1. The van der Waals surface area contributed by atoms with E-state index >= 15 is 0 Å². The molecule has 0 spiro atoms. The van der Waals surface area contributed by atoms with Gasteiger partial charge < -0.3 is 0 Å². The van der Waals surface area contributed by atoms with E-state index in [1.54, 1.807) is 0 Å². The van der Waals surface area contributed by atoms with Gasteiger partial charge in [0.25, 0.3) is 0 Å². The minimum absolute atomic E-state index is 0.332. The van der Waals surface area contributed by atoms with Crippen LogP contribution in [0.2, 0.25) is 0 Å². The fourth-order valence-electron chi connectivity index (χ4n) is 3.28. The normalized spacial score (nSPS) is 20.2. The summed E-state index contributed by atoms with van der Waals surface area (Å²) in [7, 11) is 0. The van der Waals surface area contributed by atoms with Crippen LogP contribution >= 0.6 is 0 Å². The van der Waals surface area contributed by atoms with Crippen molar-refractivity contribution in [2.45, 2.75) is 59.3 Å². The molecule has 0 amide bonds. The monoisotopic (exact) mass is 244 g/mol. The molecule has 1 nitrogen and oxygen atoms in total. The molecule has 0 saturated heterocycles. The number of aryl methyl sites for hydroxylation is 3. The quantitative estimate of drug-likeness (QED) is 0.774. The number of hydrogen-bond acceptors (Lipinski definition) is 1. The van der Waals surface area contributed by atoms with Crippen molar-refractivity contribution < 1.29 is 4.79 Å². The van der Waals surface area contributed by atoms with Gasteiger partial charge in [0.2, 0.25) is 0 Å². The van der Waals surface area contributed by atoms with Gasteiger partial charge in [-0.1, -0.05) is 24.1 Å². The lowest BCUT2D eigenvalue weighted by atomic mass is 9.83. The van der Waals surface area contributed by atoms with Crippen LogP contribution in [0.4, 0.5) is 0 Å². The maximum atomic E-state index is 11.8. The van der Waals surface area contributed by atoms with Crippen molar-refractivity contribution in [3.05, 3.63) is 34.4 Å². The van der Waals surface area contributed by atoms with Gasteiger partial charge in [-0.2, -0.15) is 0 Å². The molecule has 0 aliphatic heterocycles. The molecule has 0 radical (unpaired) electrons. The maximum Gasteiger partial charge on any atom is 0.135 e. The first-order chi connectivity index (χ1) is 8.58. The topological polar surface area (TPSA) is 17.1 Å². The minimum atomic E-state index is 0.332. The Kier molecular flexibility index (Phi) is 4.21. The molecular weight excluding hydrogens is 220 g/mol. The van der Waals surface area contributed by atoms with Crippen LogP contribution in [-0.4, -0.2) is 5.78 Å². The summed E-state index contributed by atoms with van der Waals surface area (Å²) in [6.07, 6.45) is 6.39. The average Bonchev–Trinajstić information content (AvgIpc) is 2.30. The summed E-state index contributed by atoms with van der Waals surface area (Å²) >= 11 is 0. The SMILES string of the molecule is Cc1cc(C)c(CCC2CCCCC2=O)c(C)c1. The van der Waals surface area contributed by atoms with E-state index < -0.39 is 0 Å². The molecule has 0 N–H and O–H groups in total. The summed E-state index contributed by atoms with van der Waals surface area (Å²) < 4.78 is 0. The van der Waals surface area contributed by atoms with Crippen molar-refractivity contribution in [2.24, 2.45) is 5.92 Å². The highest BCUT2D eigenvalue weighted by molar-refractivity contribution is 5.81. The number of carbonyl (C=O) groups excluding carboxylic acids is 1. The van der Waals surface area contributed by atoms with E-state index in [1.807, 2.05) is 0 Å². The first kappa shape index (κ1) is 13.3. The molecule has 1 aliphatic rings. The van der Waals surface area contributed by atoms with Crippen LogP contribution in [0, 0.1) is 26.7 Å². The van der Waals surface area contributed by atoms with Crippen molar-refractivity contribution in [1.29, 1.82) is 0 Å². The Hall–Kier alpha value is -1.11. The van der Waals surface area contributed by atoms with Gasteiger partial charge in [0.05, 0.1) is 0 Å². The fraction of sp³-hybridized carbons (Fsp3) is 0.588. The highest BCUT2D eigenvalue weighted by atomic mass is 16.1. The molecule has 1 fully saturated rings. The van der Waals surface area contributed by atoms with E-state index in [0.717, 1.165) is 32.1 Å². The molecule has 1 unspecified atom stereocenters. The Bertz CT molecular complexity index is 422. The van der Waals surface area contributed by atoms with Gasteiger partial charge in [-0.15, -0.1) is 0 Å². The van der Waals surface area contributed by atoms with Crippen molar-refractivity contribution >= 4 is 5.78 Å². The lowest BCUT2D eigenvalue weighted by Gasteiger charge is -2.21. The Morgan fingerprint density at radius 2 is 1.78 bits per heavy atom. The van der Waals surface area contributed by atoms with E-state index in [-0.39, 0.29) is 0 Å². The molecule has 1 heteroatoms. The maximum absolute atomic E-state index is 11.8. The molecule has 0 aromatic heterocycles. The Labute approximate surface area is 111 Å². The number of ketones is 1. The highest BCUT2D eigenvalue weighted by Crippen LogP contribution is 2.26. The first-order valence-electron chi connectivity index (χ1n) is 7.17. The van der Waals surface area contributed by atoms with Crippen molar-refractivity contribution in [1.82, 2.24) is 0 Å². The van der Waals surface area contributed by atoms with Gasteiger partial charge in [-0.3, -0.25) is 4.79 Å².